The predicted molar refractivity (Wildman–Crippen MR) is 128 cm³/mol. The molecular weight excluding hydrogens is 468 g/mol. The molecule has 1 unspecified atom stereocenters. The number of nitrogens with one attached hydrogen (secondary N) is 1. The highest BCUT2D eigenvalue weighted by molar-refractivity contribution is 8.00. The van der Waals surface area contributed by atoms with Crippen molar-refractivity contribution in [2.24, 2.45) is 0 Å². The van der Waals surface area contributed by atoms with Crippen LogP contribution in [0.4, 0.5) is 5.69 Å². The van der Waals surface area contributed by atoms with E-state index in [1.54, 1.807) is 47.0 Å². The number of anilines is 1. The number of carbonyl (C=O) groups excluding carboxylic acids is 1. The molecule has 3 aromatic rings. The van der Waals surface area contributed by atoms with Crippen LogP contribution >= 0.6 is 23.4 Å². The Hall–Kier alpha value is -2.36. The van der Waals surface area contributed by atoms with Crippen LogP contribution in [0, 0.1) is 6.92 Å². The molecule has 0 bridgehead atoms. The van der Waals surface area contributed by atoms with E-state index in [1.807, 2.05) is 26.8 Å². The average Bonchev–Trinajstić information content (AvgIpc) is 3.15. The van der Waals surface area contributed by atoms with Gasteiger partial charge in [0.25, 0.3) is 0 Å². The highest BCUT2D eigenvalue weighted by atomic mass is 35.5. The number of thioether (sulfide) groups is 1. The Balaban J connectivity index is 1.76. The van der Waals surface area contributed by atoms with Crippen LogP contribution in [-0.4, -0.2) is 34.3 Å². The van der Waals surface area contributed by atoms with Crippen molar-refractivity contribution >= 4 is 44.8 Å². The molecule has 0 fully saturated rings. The van der Waals surface area contributed by atoms with Crippen molar-refractivity contribution < 1.29 is 13.2 Å². The molecule has 2 aromatic carbocycles. The van der Waals surface area contributed by atoms with Gasteiger partial charge in [-0.2, -0.15) is 0 Å². The molecule has 1 amide bonds. The maximum atomic E-state index is 12.8. The van der Waals surface area contributed by atoms with Gasteiger partial charge in [0, 0.05) is 17.3 Å². The second kappa shape index (κ2) is 10.5. The first-order valence-corrected chi connectivity index (χ1v) is 13.1. The quantitative estimate of drug-likeness (QED) is 0.433. The smallest absolute Gasteiger partial charge is 0.237 e. The average molecular weight is 493 g/mol. The van der Waals surface area contributed by atoms with Gasteiger partial charge in [0.05, 0.1) is 10.1 Å². The standard InChI is InChI=1S/C22H25ClN4O3S2/c1-4-19(21(28)24-16-12-11-15(3)18(23)13-16)31-22-26-25-20(27(22)5-2)14-32(29,30)17-9-7-6-8-10-17/h6-13,19H,4-5,14H2,1-3H3,(H,24,28). The molecule has 7 nitrogen and oxygen atoms in total. The number of hydrogen-bond donors (Lipinski definition) is 1. The molecule has 170 valence electrons. The molecule has 0 saturated carbocycles. The third-order valence-corrected chi connectivity index (χ3v) is 8.26. The maximum Gasteiger partial charge on any atom is 0.237 e. The van der Waals surface area contributed by atoms with E-state index in [4.69, 9.17) is 11.6 Å². The lowest BCUT2D eigenvalue weighted by atomic mass is 10.2. The molecule has 0 aliphatic heterocycles. The summed E-state index contributed by atoms with van der Waals surface area (Å²) < 4.78 is 27.3. The first kappa shape index (κ1) is 24.3. The number of rotatable bonds is 9. The van der Waals surface area contributed by atoms with E-state index < -0.39 is 15.1 Å². The highest BCUT2D eigenvalue weighted by Gasteiger charge is 2.25. The lowest BCUT2D eigenvalue weighted by Crippen LogP contribution is -2.25. The molecule has 0 aliphatic rings. The normalized spacial score (nSPS) is 12.5. The first-order valence-electron chi connectivity index (χ1n) is 10.2. The van der Waals surface area contributed by atoms with Crippen LogP contribution < -0.4 is 5.32 Å². The Morgan fingerprint density at radius 1 is 1.16 bits per heavy atom. The van der Waals surface area contributed by atoms with Crippen molar-refractivity contribution in [1.29, 1.82) is 0 Å². The number of hydrogen-bond acceptors (Lipinski definition) is 6. The predicted octanol–water partition coefficient (Wildman–Crippen LogP) is 4.74. The fraction of sp³-hybridized carbons (Fsp3) is 0.318. The Morgan fingerprint density at radius 3 is 2.50 bits per heavy atom. The number of carbonyl (C=O) groups is 1. The van der Waals surface area contributed by atoms with Crippen LogP contribution in [0.15, 0.2) is 58.6 Å². The molecule has 32 heavy (non-hydrogen) atoms. The van der Waals surface area contributed by atoms with E-state index in [-0.39, 0.29) is 16.6 Å². The Morgan fingerprint density at radius 2 is 1.88 bits per heavy atom. The summed E-state index contributed by atoms with van der Waals surface area (Å²) >= 11 is 7.42. The molecule has 0 saturated heterocycles. The zero-order chi connectivity index (χ0) is 23.3. The van der Waals surface area contributed by atoms with Gasteiger partial charge < -0.3 is 9.88 Å². The lowest BCUT2D eigenvalue weighted by Gasteiger charge is -2.15. The van der Waals surface area contributed by atoms with Crippen LogP contribution in [0.1, 0.15) is 31.7 Å². The van der Waals surface area contributed by atoms with Crippen molar-refractivity contribution in [3.63, 3.8) is 0 Å². The van der Waals surface area contributed by atoms with E-state index in [1.165, 1.54) is 11.8 Å². The van der Waals surface area contributed by atoms with Gasteiger partial charge in [0.1, 0.15) is 11.6 Å². The van der Waals surface area contributed by atoms with E-state index in [2.05, 4.69) is 15.5 Å². The summed E-state index contributed by atoms with van der Waals surface area (Å²) in [7, 11) is -3.56. The molecular formula is C22H25ClN4O3S2. The van der Waals surface area contributed by atoms with Gasteiger partial charge in [0.15, 0.2) is 15.0 Å². The van der Waals surface area contributed by atoms with Gasteiger partial charge in [-0.05, 0) is 50.1 Å². The summed E-state index contributed by atoms with van der Waals surface area (Å²) in [4.78, 5) is 13.1. The molecule has 1 N–H and O–H groups in total. The minimum absolute atomic E-state index is 0.179. The van der Waals surface area contributed by atoms with Gasteiger partial charge in [0.2, 0.25) is 5.91 Å². The molecule has 1 heterocycles. The SMILES string of the molecule is CCC(Sc1nnc(CS(=O)(=O)c2ccccc2)n1CC)C(=O)Nc1ccc(C)c(Cl)c1. The molecule has 10 heteroatoms. The number of halogens is 1. The topological polar surface area (TPSA) is 93.9 Å². The summed E-state index contributed by atoms with van der Waals surface area (Å²) in [5, 5.41) is 11.8. The number of sulfone groups is 1. The fourth-order valence-electron chi connectivity index (χ4n) is 3.05. The monoisotopic (exact) mass is 492 g/mol. The number of aryl methyl sites for hydroxylation is 1. The van der Waals surface area contributed by atoms with Crippen molar-refractivity contribution in [3.8, 4) is 0 Å². The Kier molecular flexibility index (Phi) is 7.97. The second-order valence-electron chi connectivity index (χ2n) is 7.18. The van der Waals surface area contributed by atoms with Crippen molar-refractivity contribution in [3.05, 3.63) is 64.9 Å². The van der Waals surface area contributed by atoms with Crippen LogP contribution in [0.25, 0.3) is 0 Å². The van der Waals surface area contributed by atoms with Gasteiger partial charge in [-0.3, -0.25) is 4.79 Å². The molecule has 1 atom stereocenters. The summed E-state index contributed by atoms with van der Waals surface area (Å²) in [5.41, 5.74) is 1.55. The van der Waals surface area contributed by atoms with Crippen LogP contribution in [0.2, 0.25) is 5.02 Å². The largest absolute Gasteiger partial charge is 0.325 e. The minimum atomic E-state index is -3.56. The third kappa shape index (κ3) is 5.70. The first-order chi connectivity index (χ1) is 15.2. The molecule has 0 radical (unpaired) electrons. The molecule has 0 spiro atoms. The van der Waals surface area contributed by atoms with Gasteiger partial charge in [-0.25, -0.2) is 8.42 Å². The van der Waals surface area contributed by atoms with E-state index >= 15 is 0 Å². The summed E-state index contributed by atoms with van der Waals surface area (Å²) in [6, 6.07) is 13.6. The van der Waals surface area contributed by atoms with Gasteiger partial charge in [-0.1, -0.05) is 54.6 Å². The fourth-order valence-corrected chi connectivity index (χ4v) is 5.56. The molecule has 1 aromatic heterocycles. The van der Waals surface area contributed by atoms with E-state index in [0.717, 1.165) is 5.56 Å². The number of aromatic nitrogens is 3. The Bertz CT molecular complexity index is 1200. The highest BCUT2D eigenvalue weighted by Crippen LogP contribution is 2.28. The molecule has 0 aliphatic carbocycles. The van der Waals surface area contributed by atoms with Gasteiger partial charge in [-0.15, -0.1) is 10.2 Å². The summed E-state index contributed by atoms with van der Waals surface area (Å²) in [6.07, 6.45) is 0.560. The zero-order valence-corrected chi connectivity index (χ0v) is 20.5. The number of nitrogens with zero attached hydrogens (tertiary/aromatic N) is 3. The maximum absolute atomic E-state index is 12.8. The number of amides is 1. The van der Waals surface area contributed by atoms with E-state index in [0.29, 0.717) is 34.7 Å². The lowest BCUT2D eigenvalue weighted by molar-refractivity contribution is -0.115. The summed E-state index contributed by atoms with van der Waals surface area (Å²) in [6.45, 7) is 6.18. The van der Waals surface area contributed by atoms with Crippen molar-refractivity contribution in [2.45, 2.75) is 54.8 Å². The van der Waals surface area contributed by atoms with E-state index in [9.17, 15) is 13.2 Å². The van der Waals surface area contributed by atoms with Crippen molar-refractivity contribution in [2.75, 3.05) is 5.32 Å². The van der Waals surface area contributed by atoms with Crippen LogP contribution in [0.5, 0.6) is 0 Å². The van der Waals surface area contributed by atoms with Gasteiger partial charge >= 0.3 is 0 Å². The third-order valence-electron chi connectivity index (χ3n) is 4.88. The molecule has 3 rings (SSSR count). The number of benzene rings is 2. The second-order valence-corrected chi connectivity index (χ2v) is 10.7. The zero-order valence-electron chi connectivity index (χ0n) is 18.1. The Labute approximate surface area is 197 Å². The van der Waals surface area contributed by atoms with Crippen molar-refractivity contribution in [1.82, 2.24) is 14.8 Å². The minimum Gasteiger partial charge on any atom is -0.325 e. The summed E-state index contributed by atoms with van der Waals surface area (Å²) in [5.74, 6) is -0.0931. The van der Waals surface area contributed by atoms with Crippen LogP contribution in [0.3, 0.4) is 0 Å². The van der Waals surface area contributed by atoms with Crippen LogP contribution in [-0.2, 0) is 26.9 Å².